The molecule has 4 rings (SSSR count). The summed E-state index contributed by atoms with van der Waals surface area (Å²) in [4.78, 5) is 52.0. The Bertz CT molecular complexity index is 2330. The molecule has 0 spiro atoms. The van der Waals surface area contributed by atoms with Gasteiger partial charge in [0, 0.05) is 26.7 Å². The largest absolute Gasteiger partial charge is 0.477 e. The lowest BCUT2D eigenvalue weighted by Gasteiger charge is -2.52. The molecule has 4 heterocycles. The van der Waals surface area contributed by atoms with Gasteiger partial charge in [-0.3, -0.25) is 14.4 Å². The van der Waals surface area contributed by atoms with Gasteiger partial charge in [0.2, 0.25) is 17.7 Å². The van der Waals surface area contributed by atoms with Gasteiger partial charge in [-0.25, -0.2) is 4.79 Å². The molecule has 4 aliphatic rings. The van der Waals surface area contributed by atoms with E-state index in [0.29, 0.717) is 12.8 Å². The fourth-order valence-corrected chi connectivity index (χ4v) is 13.6. The monoisotopic (exact) mass is 1470 g/mol. The van der Waals surface area contributed by atoms with E-state index < -0.39 is 198 Å². The molecule has 29 nitrogen and oxygen atoms in total. The van der Waals surface area contributed by atoms with E-state index in [1.165, 1.54) is 128 Å². The molecule has 102 heavy (non-hydrogen) atoms. The summed E-state index contributed by atoms with van der Waals surface area (Å²) >= 11 is 0. The van der Waals surface area contributed by atoms with Crippen LogP contribution < -0.4 is 16.0 Å². The number of unbranched alkanes of at least 4 members (excludes halogenated alkanes) is 28. The number of aliphatic hydroxyl groups excluding tert-OH is 13. The van der Waals surface area contributed by atoms with Crippen LogP contribution in [-0.2, 0) is 57.1 Å². The van der Waals surface area contributed by atoms with Crippen molar-refractivity contribution < 1.29 is 129 Å². The van der Waals surface area contributed by atoms with E-state index in [0.717, 1.165) is 71.6 Å². The molecule has 0 radical (unpaired) electrons. The molecule has 1 unspecified atom stereocenters. The molecular weight excluding hydrogens is 1330 g/mol. The Morgan fingerprint density at radius 1 is 0.510 bits per heavy atom. The second-order valence-electron chi connectivity index (χ2n) is 28.2. The molecule has 0 aromatic carbocycles. The fourth-order valence-electron chi connectivity index (χ4n) is 13.6. The number of hydrogen-bond donors (Lipinski definition) is 17. The number of rotatable bonds is 54. The van der Waals surface area contributed by atoms with Crippen molar-refractivity contribution >= 4 is 23.7 Å². The van der Waals surface area contributed by atoms with E-state index in [2.05, 4.69) is 41.9 Å². The van der Waals surface area contributed by atoms with Crippen LogP contribution in [-0.4, -0.2) is 269 Å². The smallest absolute Gasteiger partial charge is 0.364 e. The molecule has 17 N–H and O–H groups in total. The zero-order chi connectivity index (χ0) is 75.0. The number of aliphatic hydroxyl groups is 13. The predicted octanol–water partition coefficient (Wildman–Crippen LogP) is 3.25. The lowest BCUT2D eigenvalue weighted by molar-refractivity contribution is -0.401. The van der Waals surface area contributed by atoms with Gasteiger partial charge in [0.15, 0.2) is 18.9 Å². The summed E-state index contributed by atoms with van der Waals surface area (Å²) in [5.74, 6) is -7.37. The van der Waals surface area contributed by atoms with E-state index in [-0.39, 0.29) is 12.3 Å². The summed E-state index contributed by atoms with van der Waals surface area (Å²) in [5.41, 5.74) is 0. The molecule has 4 saturated heterocycles. The number of carboxylic acids is 1. The Kier molecular flexibility index (Phi) is 45.4. The number of ether oxygens (including phenoxy) is 8. The number of aliphatic carboxylic acids is 1. The summed E-state index contributed by atoms with van der Waals surface area (Å²) in [6.45, 7) is 1.74. The predicted molar refractivity (Wildman–Crippen MR) is 373 cm³/mol. The van der Waals surface area contributed by atoms with E-state index in [1.54, 1.807) is 6.08 Å². The summed E-state index contributed by atoms with van der Waals surface area (Å²) in [7, 11) is 0. The van der Waals surface area contributed by atoms with Crippen LogP contribution >= 0.6 is 0 Å². The first-order chi connectivity index (χ1) is 49.0. The number of nitrogens with one attached hydrogen (secondary N) is 3. The van der Waals surface area contributed by atoms with Crippen molar-refractivity contribution in [2.75, 3.05) is 33.0 Å². The summed E-state index contributed by atoms with van der Waals surface area (Å²) in [6.07, 6.45) is 4.82. The highest BCUT2D eigenvalue weighted by Crippen LogP contribution is 2.40. The summed E-state index contributed by atoms with van der Waals surface area (Å²) < 4.78 is 48.0. The Hall–Kier alpha value is -3.48. The minimum Gasteiger partial charge on any atom is -0.477 e. The second-order valence-corrected chi connectivity index (χ2v) is 28.2. The quantitative estimate of drug-likeness (QED) is 0.0307. The minimum atomic E-state index is -3.28. The van der Waals surface area contributed by atoms with Gasteiger partial charge in [-0.15, -0.1) is 0 Å². The molecule has 0 bridgehead atoms. The molecule has 0 aliphatic carbocycles. The Morgan fingerprint density at radius 2 is 0.961 bits per heavy atom. The van der Waals surface area contributed by atoms with Crippen LogP contribution in [0.4, 0.5) is 0 Å². The van der Waals surface area contributed by atoms with Crippen LogP contribution in [0, 0.1) is 0 Å². The maximum absolute atomic E-state index is 13.6. The van der Waals surface area contributed by atoms with Crippen molar-refractivity contribution in [1.82, 2.24) is 16.0 Å². The van der Waals surface area contributed by atoms with Crippen LogP contribution in [0.5, 0.6) is 0 Å². The highest BCUT2D eigenvalue weighted by Gasteiger charge is 2.62. The normalized spacial score (nSPS) is 31.2. The van der Waals surface area contributed by atoms with Crippen LogP contribution in [0.1, 0.15) is 240 Å². The highest BCUT2D eigenvalue weighted by molar-refractivity contribution is 5.77. The SMILES string of the molecule is CCCCCCCCC=CCCCCCCCCCCCCCC(=O)N[C@@H](CO[C@@H]1O[C@H](CO)[C@@H](O[C@@H]2O[C@H](CO)[C@H](O[C@@H]3O[C@H](CO)[C@H](O)[C@H](O)[C@H]3NC(C)=O)[C@H](O[C@]3(C(=O)O)C[C@H](O)[C@@H](NC(C)=O)C([C@H](O)[C@H](O)CO)O3)[C@H]2O)[C@H](O)[C@H]1O)[C@H](O)C=CCCCCCCCCCCCCC. The van der Waals surface area contributed by atoms with E-state index in [1.807, 2.05) is 6.08 Å². The summed E-state index contributed by atoms with van der Waals surface area (Å²) in [6, 6.07) is -4.53. The third-order valence-corrected chi connectivity index (χ3v) is 19.6. The van der Waals surface area contributed by atoms with Gasteiger partial charge >= 0.3 is 5.97 Å². The van der Waals surface area contributed by atoms with Crippen LogP contribution in [0.3, 0.4) is 0 Å². The Balaban J connectivity index is 1.48. The van der Waals surface area contributed by atoms with Gasteiger partial charge in [0.1, 0.15) is 91.5 Å². The average molecular weight is 1470 g/mol. The average Bonchev–Trinajstić information content (AvgIpc) is 0.751. The lowest BCUT2D eigenvalue weighted by atomic mass is 9.88. The Morgan fingerprint density at radius 3 is 1.45 bits per heavy atom. The van der Waals surface area contributed by atoms with Crippen molar-refractivity contribution in [2.24, 2.45) is 0 Å². The first-order valence-corrected chi connectivity index (χ1v) is 38.2. The number of carboxylic acid groups (broad SMARTS) is 1. The number of allylic oxidation sites excluding steroid dienone is 3. The van der Waals surface area contributed by atoms with E-state index >= 15 is 0 Å². The van der Waals surface area contributed by atoms with Gasteiger partial charge < -0.3 is 125 Å². The zero-order valence-corrected chi connectivity index (χ0v) is 61.0. The zero-order valence-electron chi connectivity index (χ0n) is 61.0. The number of hydrogen-bond acceptors (Lipinski definition) is 25. The lowest BCUT2D eigenvalue weighted by Crippen LogP contribution is -2.72. The highest BCUT2D eigenvalue weighted by atomic mass is 16.8. The third kappa shape index (κ3) is 31.0. The maximum atomic E-state index is 13.6. The molecule has 3 amide bonds. The molecule has 29 heteroatoms. The molecule has 0 saturated carbocycles. The van der Waals surface area contributed by atoms with Crippen LogP contribution in [0.15, 0.2) is 24.3 Å². The topological polar surface area (TPSA) is 461 Å². The molecule has 4 fully saturated rings. The van der Waals surface area contributed by atoms with E-state index in [4.69, 9.17) is 37.9 Å². The van der Waals surface area contributed by atoms with E-state index in [9.17, 15) is 90.7 Å². The van der Waals surface area contributed by atoms with Crippen molar-refractivity contribution in [3.63, 3.8) is 0 Å². The van der Waals surface area contributed by atoms with Crippen molar-refractivity contribution in [2.45, 2.75) is 380 Å². The molecule has 4 aliphatic heterocycles. The van der Waals surface area contributed by atoms with Crippen molar-refractivity contribution in [3.8, 4) is 0 Å². The standard InChI is InChI=1S/C73H131N3O26/c1-5-7-9-11-13-15-17-19-20-21-22-23-24-25-26-28-30-32-34-36-38-40-56(86)76-49(50(83)39-37-35-33-31-29-27-18-16-14-12-10-8-6-2)46-95-70-63(91)62(90)65(54(44-79)97-70)99-71-64(92)68(66(55(45-80)98-71)100-69-58(75-48(4)82)61(89)60(88)53(43-78)96-69)102-73(72(93)94)41-51(84)57(74-47(3)81)67(101-73)59(87)52(85)42-77/h19-20,37,39,49-55,57-71,77-80,83-85,87-92H,5-18,21-36,38,40-46H2,1-4H3,(H,74,81)(H,75,82)(H,76,86)(H,93,94)/t49-,50+,51-,52+,53+,54+,55+,57+,58+,59+,60-,61+,62+,63+,64+,65+,66-,67?,68+,69-,70+,71-,73-/m0/s1. The summed E-state index contributed by atoms with van der Waals surface area (Å²) in [5, 5.41) is 163. The number of carbonyl (C=O) groups is 4. The Labute approximate surface area is 603 Å². The number of carbonyl (C=O) groups excluding carboxylic acids is 3. The maximum Gasteiger partial charge on any atom is 0.364 e. The van der Waals surface area contributed by atoms with Gasteiger partial charge in [-0.1, -0.05) is 192 Å². The molecule has 0 aromatic heterocycles. The molecule has 23 atom stereocenters. The molecule has 0 aromatic rings. The fraction of sp³-hybridized carbons (Fsp3) is 0.890. The third-order valence-electron chi connectivity index (χ3n) is 19.6. The molecule has 594 valence electrons. The van der Waals surface area contributed by atoms with Crippen molar-refractivity contribution in [3.05, 3.63) is 24.3 Å². The van der Waals surface area contributed by atoms with Gasteiger partial charge in [-0.2, -0.15) is 0 Å². The first-order valence-electron chi connectivity index (χ1n) is 38.2. The van der Waals surface area contributed by atoms with Gasteiger partial charge in [-0.05, 0) is 44.9 Å². The number of amides is 3. The van der Waals surface area contributed by atoms with Crippen LogP contribution in [0.2, 0.25) is 0 Å². The van der Waals surface area contributed by atoms with Gasteiger partial charge in [0.25, 0.3) is 5.79 Å². The van der Waals surface area contributed by atoms with Crippen molar-refractivity contribution in [1.29, 1.82) is 0 Å². The van der Waals surface area contributed by atoms with Crippen LogP contribution in [0.25, 0.3) is 0 Å². The second kappa shape index (κ2) is 51.0. The minimum absolute atomic E-state index is 0.158. The first kappa shape index (κ1) is 90.9. The molecular formula is C73H131N3O26. The van der Waals surface area contributed by atoms with Gasteiger partial charge in [0.05, 0.1) is 57.3 Å².